The van der Waals surface area contributed by atoms with Crippen LogP contribution in [0.1, 0.15) is 12.5 Å². The van der Waals surface area contributed by atoms with Gasteiger partial charge in [-0.25, -0.2) is 8.42 Å². The number of hydrogen-bond donors (Lipinski definition) is 2. The van der Waals surface area contributed by atoms with Gasteiger partial charge in [-0.05, 0) is 24.1 Å². The maximum atomic E-state index is 11.7. The summed E-state index contributed by atoms with van der Waals surface area (Å²) in [7, 11) is -3.49. The Morgan fingerprint density at radius 1 is 1.53 bits per heavy atom. The van der Waals surface area contributed by atoms with E-state index >= 15 is 0 Å². The van der Waals surface area contributed by atoms with Crippen molar-refractivity contribution < 1.29 is 13.5 Å². The van der Waals surface area contributed by atoms with Crippen molar-refractivity contribution in [1.29, 1.82) is 5.26 Å². The maximum Gasteiger partial charge on any atom is 0.233 e. The quantitative estimate of drug-likeness (QED) is 0.817. The van der Waals surface area contributed by atoms with Crippen molar-refractivity contribution in [3.05, 3.63) is 29.8 Å². The van der Waals surface area contributed by atoms with Crippen LogP contribution in [0.3, 0.4) is 0 Å². The van der Waals surface area contributed by atoms with Gasteiger partial charge in [0.05, 0.1) is 17.4 Å². The van der Waals surface area contributed by atoms with Crippen LogP contribution in [0.15, 0.2) is 24.3 Å². The van der Waals surface area contributed by atoms with Gasteiger partial charge in [-0.3, -0.25) is 4.72 Å². The summed E-state index contributed by atoms with van der Waals surface area (Å²) in [5.41, 5.74) is 0.745. The molecule has 1 rings (SSSR count). The van der Waals surface area contributed by atoms with Gasteiger partial charge in [0, 0.05) is 12.3 Å². The third-order valence-corrected chi connectivity index (χ3v) is 3.64. The van der Waals surface area contributed by atoms with Crippen molar-refractivity contribution in [1.82, 2.24) is 0 Å². The van der Waals surface area contributed by atoms with Crippen LogP contribution in [0.4, 0.5) is 5.69 Å². The first-order valence-corrected chi connectivity index (χ1v) is 6.73. The first-order chi connectivity index (χ1) is 7.96. The molecule has 1 aromatic carbocycles. The van der Waals surface area contributed by atoms with E-state index in [4.69, 9.17) is 10.4 Å². The molecule has 0 aliphatic rings. The average molecular weight is 254 g/mol. The number of rotatable bonds is 5. The third-order valence-electron chi connectivity index (χ3n) is 2.08. The standard InChI is InChI=1S/C11H14N2O3S/c1-9(7-14)8-17(15,16)13-11-4-2-3-10(5-11)6-12/h2-5,9,13-14H,7-8H2,1H3. The van der Waals surface area contributed by atoms with Gasteiger partial charge < -0.3 is 5.11 Å². The molecule has 0 aliphatic carbocycles. The summed E-state index contributed by atoms with van der Waals surface area (Å²) >= 11 is 0. The topological polar surface area (TPSA) is 90.2 Å². The van der Waals surface area contributed by atoms with Crippen LogP contribution in [-0.2, 0) is 10.0 Å². The Labute approximate surface area is 101 Å². The molecule has 0 saturated carbocycles. The molecule has 1 unspecified atom stereocenters. The molecule has 0 aromatic heterocycles. The molecule has 17 heavy (non-hydrogen) atoms. The predicted octanol–water partition coefficient (Wildman–Crippen LogP) is 0.928. The van der Waals surface area contributed by atoms with Crippen LogP contribution in [-0.4, -0.2) is 25.9 Å². The molecule has 6 heteroatoms. The molecule has 0 saturated heterocycles. The van der Waals surface area contributed by atoms with Crippen molar-refractivity contribution in [3.8, 4) is 6.07 Å². The molecular weight excluding hydrogens is 240 g/mol. The Hall–Kier alpha value is -1.58. The summed E-state index contributed by atoms with van der Waals surface area (Å²) in [6.45, 7) is 1.46. The second-order valence-electron chi connectivity index (χ2n) is 3.86. The van der Waals surface area contributed by atoms with E-state index in [-0.39, 0.29) is 18.3 Å². The maximum absolute atomic E-state index is 11.7. The molecule has 1 atom stereocenters. The van der Waals surface area contributed by atoms with E-state index in [1.54, 1.807) is 25.1 Å². The first-order valence-electron chi connectivity index (χ1n) is 5.08. The lowest BCUT2D eigenvalue weighted by Gasteiger charge is -2.11. The number of aliphatic hydroxyl groups is 1. The highest BCUT2D eigenvalue weighted by atomic mass is 32.2. The number of anilines is 1. The zero-order valence-electron chi connectivity index (χ0n) is 9.42. The minimum atomic E-state index is -3.49. The van der Waals surface area contributed by atoms with Crippen LogP contribution < -0.4 is 4.72 Å². The van der Waals surface area contributed by atoms with E-state index in [0.717, 1.165) is 0 Å². The van der Waals surface area contributed by atoms with Crippen LogP contribution in [0.2, 0.25) is 0 Å². The van der Waals surface area contributed by atoms with Gasteiger partial charge in [-0.1, -0.05) is 13.0 Å². The molecule has 0 amide bonds. The van der Waals surface area contributed by atoms with Crippen LogP contribution in [0, 0.1) is 17.2 Å². The lowest BCUT2D eigenvalue weighted by Crippen LogP contribution is -2.23. The van der Waals surface area contributed by atoms with Gasteiger partial charge in [-0.15, -0.1) is 0 Å². The summed E-state index contributed by atoms with van der Waals surface area (Å²) in [6, 6.07) is 8.16. The van der Waals surface area contributed by atoms with Crippen LogP contribution in [0.25, 0.3) is 0 Å². The van der Waals surface area contributed by atoms with E-state index in [0.29, 0.717) is 11.3 Å². The van der Waals surface area contributed by atoms with Crippen LogP contribution in [0.5, 0.6) is 0 Å². The molecule has 92 valence electrons. The Morgan fingerprint density at radius 2 is 2.24 bits per heavy atom. The Morgan fingerprint density at radius 3 is 2.82 bits per heavy atom. The highest BCUT2D eigenvalue weighted by Crippen LogP contribution is 2.13. The SMILES string of the molecule is CC(CO)CS(=O)(=O)Nc1cccc(C#N)c1. The number of nitriles is 1. The van der Waals surface area contributed by atoms with Gasteiger partial charge in [0.2, 0.25) is 10.0 Å². The Balaban J connectivity index is 2.80. The van der Waals surface area contributed by atoms with Gasteiger partial charge >= 0.3 is 0 Å². The predicted molar refractivity (Wildman–Crippen MR) is 64.8 cm³/mol. The zero-order valence-corrected chi connectivity index (χ0v) is 10.2. The molecular formula is C11H14N2O3S. The van der Waals surface area contributed by atoms with Gasteiger partial charge in [0.1, 0.15) is 0 Å². The lowest BCUT2D eigenvalue weighted by atomic mass is 10.2. The molecule has 0 spiro atoms. The van der Waals surface area contributed by atoms with Gasteiger partial charge in [-0.2, -0.15) is 5.26 Å². The summed E-state index contributed by atoms with van der Waals surface area (Å²) in [4.78, 5) is 0. The van der Waals surface area contributed by atoms with Gasteiger partial charge in [0.25, 0.3) is 0 Å². The minimum absolute atomic E-state index is 0.152. The summed E-state index contributed by atoms with van der Waals surface area (Å²) < 4.78 is 25.7. The zero-order chi connectivity index (χ0) is 12.9. The molecule has 0 fully saturated rings. The van der Waals surface area contributed by atoms with E-state index in [1.807, 2.05) is 6.07 Å². The number of nitrogens with one attached hydrogen (secondary N) is 1. The molecule has 0 radical (unpaired) electrons. The Kier molecular flexibility index (Phi) is 4.49. The fourth-order valence-electron chi connectivity index (χ4n) is 1.30. The first kappa shape index (κ1) is 13.5. The molecule has 1 aromatic rings. The Bertz CT molecular complexity index is 520. The van der Waals surface area contributed by atoms with E-state index in [9.17, 15) is 8.42 Å². The van der Waals surface area contributed by atoms with E-state index < -0.39 is 10.0 Å². The fraction of sp³-hybridized carbons (Fsp3) is 0.364. The smallest absolute Gasteiger partial charge is 0.233 e. The average Bonchev–Trinajstić information content (AvgIpc) is 2.27. The molecule has 5 nitrogen and oxygen atoms in total. The molecule has 0 bridgehead atoms. The number of benzene rings is 1. The highest BCUT2D eigenvalue weighted by molar-refractivity contribution is 7.92. The number of hydrogen-bond acceptors (Lipinski definition) is 4. The van der Waals surface area contributed by atoms with Crippen molar-refractivity contribution in [2.75, 3.05) is 17.1 Å². The van der Waals surface area contributed by atoms with Crippen LogP contribution >= 0.6 is 0 Å². The number of nitrogens with zero attached hydrogens (tertiary/aromatic N) is 1. The minimum Gasteiger partial charge on any atom is -0.396 e. The molecule has 2 N–H and O–H groups in total. The third kappa shape index (κ3) is 4.43. The fourth-order valence-corrected chi connectivity index (χ4v) is 2.72. The molecule has 0 aliphatic heterocycles. The second-order valence-corrected chi connectivity index (χ2v) is 5.63. The second kappa shape index (κ2) is 5.66. The monoisotopic (exact) mass is 254 g/mol. The number of sulfonamides is 1. The summed E-state index contributed by atoms with van der Waals surface area (Å²) in [5, 5.41) is 17.5. The lowest BCUT2D eigenvalue weighted by molar-refractivity contribution is 0.249. The van der Waals surface area contributed by atoms with E-state index in [2.05, 4.69) is 4.72 Å². The van der Waals surface area contributed by atoms with Gasteiger partial charge in [0.15, 0.2) is 0 Å². The number of aliphatic hydroxyl groups excluding tert-OH is 1. The summed E-state index contributed by atoms with van der Waals surface area (Å²) in [6.07, 6.45) is 0. The molecule has 0 heterocycles. The van der Waals surface area contributed by atoms with Crippen molar-refractivity contribution in [2.24, 2.45) is 5.92 Å². The van der Waals surface area contributed by atoms with E-state index in [1.165, 1.54) is 6.07 Å². The van der Waals surface area contributed by atoms with Crippen molar-refractivity contribution >= 4 is 15.7 Å². The summed E-state index contributed by atoms with van der Waals surface area (Å²) in [5.74, 6) is -0.480. The van der Waals surface area contributed by atoms with Crippen molar-refractivity contribution in [2.45, 2.75) is 6.92 Å². The largest absolute Gasteiger partial charge is 0.396 e. The highest BCUT2D eigenvalue weighted by Gasteiger charge is 2.15. The van der Waals surface area contributed by atoms with Crippen molar-refractivity contribution in [3.63, 3.8) is 0 Å². The normalized spacial score (nSPS) is 12.8.